The summed E-state index contributed by atoms with van der Waals surface area (Å²) in [5, 5.41) is 3.51. The predicted molar refractivity (Wildman–Crippen MR) is 81.2 cm³/mol. The number of hydrogen-bond acceptors (Lipinski definition) is 5. The van der Waals surface area contributed by atoms with Crippen LogP contribution in [0.15, 0.2) is 11.4 Å². The van der Waals surface area contributed by atoms with Crippen molar-refractivity contribution in [2.45, 2.75) is 18.6 Å². The summed E-state index contributed by atoms with van der Waals surface area (Å²) in [5.41, 5.74) is 0. The number of rotatable bonds is 1. The highest BCUT2D eigenvalue weighted by atomic mass is 35.5. The minimum absolute atomic E-state index is 0.262. The summed E-state index contributed by atoms with van der Waals surface area (Å²) in [5.74, 6) is 2.11. The zero-order valence-corrected chi connectivity index (χ0v) is 12.7. The first-order valence-electron chi connectivity index (χ1n) is 5.85. The molecule has 0 unspecified atom stereocenters. The Labute approximate surface area is 120 Å². The Bertz CT molecular complexity index is 582. The van der Waals surface area contributed by atoms with Gasteiger partial charge in [-0.1, -0.05) is 0 Å². The number of thioether (sulfide) groups is 1. The molecule has 2 aromatic heterocycles. The Morgan fingerprint density at radius 2 is 2.22 bits per heavy atom. The summed E-state index contributed by atoms with van der Waals surface area (Å²) in [6, 6.07) is 2.08. The van der Waals surface area contributed by atoms with Crippen LogP contribution in [0.3, 0.4) is 0 Å². The molecule has 0 saturated carbocycles. The lowest BCUT2D eigenvalue weighted by molar-refractivity contribution is 0.643. The molecule has 3 rings (SSSR count). The zero-order chi connectivity index (χ0) is 12.8. The molecule has 2 aromatic rings. The van der Waals surface area contributed by atoms with E-state index in [0.29, 0.717) is 5.28 Å². The van der Waals surface area contributed by atoms with Gasteiger partial charge in [0.05, 0.1) is 5.39 Å². The molecule has 1 aliphatic rings. The van der Waals surface area contributed by atoms with E-state index in [1.807, 2.05) is 17.1 Å². The lowest BCUT2D eigenvalue weighted by Crippen LogP contribution is -2.43. The van der Waals surface area contributed by atoms with Crippen LogP contribution in [0.5, 0.6) is 0 Å². The van der Waals surface area contributed by atoms with Crippen molar-refractivity contribution in [1.29, 1.82) is 0 Å². The number of thiophene rings is 1. The maximum absolute atomic E-state index is 6.02. The Kier molecular flexibility index (Phi) is 3.16. The number of anilines is 1. The lowest BCUT2D eigenvalue weighted by atomic mass is 10.2. The molecular formula is C12H14ClN3S2. The van der Waals surface area contributed by atoms with Crippen LogP contribution in [-0.4, -0.2) is 33.6 Å². The monoisotopic (exact) mass is 299 g/mol. The van der Waals surface area contributed by atoms with E-state index in [1.165, 1.54) is 0 Å². The maximum Gasteiger partial charge on any atom is 0.225 e. The van der Waals surface area contributed by atoms with Gasteiger partial charge in [-0.3, -0.25) is 0 Å². The molecule has 1 aliphatic heterocycles. The fraction of sp³-hybridized carbons (Fsp3) is 0.500. The molecule has 0 bridgehead atoms. The first-order valence-corrected chi connectivity index (χ1v) is 8.09. The van der Waals surface area contributed by atoms with E-state index in [9.17, 15) is 0 Å². The molecule has 3 heterocycles. The van der Waals surface area contributed by atoms with Crippen molar-refractivity contribution in [3.8, 4) is 0 Å². The van der Waals surface area contributed by atoms with Crippen LogP contribution >= 0.6 is 34.7 Å². The summed E-state index contributed by atoms with van der Waals surface area (Å²) in [4.78, 5) is 12.0. The molecule has 1 saturated heterocycles. The Morgan fingerprint density at radius 1 is 1.39 bits per heavy atom. The van der Waals surface area contributed by atoms with Crippen LogP contribution in [0.4, 0.5) is 5.82 Å². The van der Waals surface area contributed by atoms with E-state index in [2.05, 4.69) is 34.8 Å². The molecule has 0 aliphatic carbocycles. The number of halogens is 1. The quantitative estimate of drug-likeness (QED) is 0.751. The maximum atomic E-state index is 6.02. The highest BCUT2D eigenvalue weighted by Gasteiger charge is 2.29. The van der Waals surface area contributed by atoms with E-state index in [1.54, 1.807) is 11.3 Å². The third kappa shape index (κ3) is 2.31. The molecule has 0 atom stereocenters. The molecule has 3 nitrogen and oxygen atoms in total. The number of aromatic nitrogens is 2. The van der Waals surface area contributed by atoms with Crippen LogP contribution in [0.2, 0.25) is 5.28 Å². The second kappa shape index (κ2) is 4.54. The molecule has 6 heteroatoms. The van der Waals surface area contributed by atoms with Crippen molar-refractivity contribution in [2.24, 2.45) is 0 Å². The van der Waals surface area contributed by atoms with Gasteiger partial charge in [0.25, 0.3) is 0 Å². The van der Waals surface area contributed by atoms with Crippen molar-refractivity contribution >= 4 is 50.7 Å². The summed E-state index contributed by atoms with van der Waals surface area (Å²) in [7, 11) is 0. The molecule has 96 valence electrons. The zero-order valence-electron chi connectivity index (χ0n) is 10.3. The summed E-state index contributed by atoms with van der Waals surface area (Å²) >= 11 is 9.65. The molecule has 0 N–H and O–H groups in total. The van der Waals surface area contributed by atoms with E-state index in [-0.39, 0.29) is 4.75 Å². The Morgan fingerprint density at radius 3 is 3.00 bits per heavy atom. The molecule has 0 amide bonds. The van der Waals surface area contributed by atoms with Gasteiger partial charge in [-0.2, -0.15) is 16.7 Å². The fourth-order valence-electron chi connectivity index (χ4n) is 2.25. The van der Waals surface area contributed by atoms with Crippen molar-refractivity contribution in [3.05, 3.63) is 16.7 Å². The average molecular weight is 300 g/mol. The topological polar surface area (TPSA) is 29.0 Å². The second-order valence-electron chi connectivity index (χ2n) is 4.99. The average Bonchev–Trinajstić information content (AvgIpc) is 2.74. The SMILES string of the molecule is CC1(C)CN(c2nc(Cl)nc3sccc23)CCS1. The summed E-state index contributed by atoms with van der Waals surface area (Å²) in [6.07, 6.45) is 0. The smallest absolute Gasteiger partial charge is 0.225 e. The number of hydrogen-bond donors (Lipinski definition) is 0. The van der Waals surface area contributed by atoms with Gasteiger partial charge in [-0.05, 0) is 36.9 Å². The van der Waals surface area contributed by atoms with Crippen LogP contribution in [0.25, 0.3) is 10.2 Å². The largest absolute Gasteiger partial charge is 0.354 e. The van der Waals surface area contributed by atoms with E-state index >= 15 is 0 Å². The van der Waals surface area contributed by atoms with E-state index in [4.69, 9.17) is 11.6 Å². The highest BCUT2D eigenvalue weighted by Crippen LogP contribution is 2.35. The van der Waals surface area contributed by atoms with Gasteiger partial charge in [0.1, 0.15) is 10.6 Å². The Hall–Kier alpha value is -0.520. The van der Waals surface area contributed by atoms with E-state index < -0.39 is 0 Å². The third-order valence-electron chi connectivity index (χ3n) is 3.00. The van der Waals surface area contributed by atoms with Gasteiger partial charge in [-0.25, -0.2) is 4.98 Å². The molecule has 18 heavy (non-hydrogen) atoms. The van der Waals surface area contributed by atoms with Crippen LogP contribution in [0, 0.1) is 0 Å². The molecule has 1 fully saturated rings. The molecule has 0 aromatic carbocycles. The molecule has 0 spiro atoms. The molecule has 0 radical (unpaired) electrons. The fourth-order valence-corrected chi connectivity index (χ4v) is 4.34. The van der Waals surface area contributed by atoms with Crippen LogP contribution in [0.1, 0.15) is 13.8 Å². The van der Waals surface area contributed by atoms with Crippen LogP contribution in [-0.2, 0) is 0 Å². The lowest BCUT2D eigenvalue weighted by Gasteiger charge is -2.38. The first kappa shape index (κ1) is 12.5. The normalized spacial score (nSPS) is 19.4. The van der Waals surface area contributed by atoms with Gasteiger partial charge in [-0.15, -0.1) is 11.3 Å². The van der Waals surface area contributed by atoms with Gasteiger partial charge >= 0.3 is 0 Å². The minimum atomic E-state index is 0.262. The van der Waals surface area contributed by atoms with Crippen molar-refractivity contribution < 1.29 is 0 Å². The first-order chi connectivity index (χ1) is 8.55. The summed E-state index contributed by atoms with van der Waals surface area (Å²) < 4.78 is 0.262. The highest BCUT2D eigenvalue weighted by molar-refractivity contribution is 8.00. The van der Waals surface area contributed by atoms with Crippen molar-refractivity contribution in [1.82, 2.24) is 9.97 Å². The second-order valence-corrected chi connectivity index (χ2v) is 8.02. The van der Waals surface area contributed by atoms with Crippen molar-refractivity contribution in [2.75, 3.05) is 23.7 Å². The molecular weight excluding hydrogens is 286 g/mol. The van der Waals surface area contributed by atoms with Gasteiger partial charge in [0.2, 0.25) is 5.28 Å². The Balaban J connectivity index is 2.05. The predicted octanol–water partition coefficient (Wildman–Crippen LogP) is 3.68. The summed E-state index contributed by atoms with van der Waals surface area (Å²) in [6.45, 7) is 6.57. The number of fused-ring (bicyclic) bond motifs is 1. The van der Waals surface area contributed by atoms with Gasteiger partial charge < -0.3 is 4.90 Å². The minimum Gasteiger partial charge on any atom is -0.354 e. The van der Waals surface area contributed by atoms with Gasteiger partial charge in [0, 0.05) is 23.6 Å². The van der Waals surface area contributed by atoms with Crippen LogP contribution < -0.4 is 4.90 Å². The van der Waals surface area contributed by atoms with Gasteiger partial charge in [0.15, 0.2) is 0 Å². The number of nitrogens with zero attached hydrogens (tertiary/aromatic N) is 3. The third-order valence-corrected chi connectivity index (χ3v) is 5.28. The van der Waals surface area contributed by atoms with Crippen molar-refractivity contribution in [3.63, 3.8) is 0 Å². The van der Waals surface area contributed by atoms with E-state index in [0.717, 1.165) is 34.9 Å². The standard InChI is InChI=1S/C12H14ClN3S2/c1-12(2)7-16(4-6-18-12)9-8-3-5-17-10(8)15-11(13)14-9/h3,5H,4,6-7H2,1-2H3.